The number of nitrogens with one attached hydrogen (secondary N) is 3. The monoisotopic (exact) mass is 386 g/mol. The molecule has 2 aromatic rings. The molecule has 0 atom stereocenters. The number of anilines is 1. The third kappa shape index (κ3) is 5.19. The van der Waals surface area contributed by atoms with Gasteiger partial charge in [0.15, 0.2) is 5.96 Å². The smallest absolute Gasteiger partial charge is 0.239 e. The molecule has 1 aromatic carbocycles. The van der Waals surface area contributed by atoms with Crippen LogP contribution in [0.5, 0.6) is 0 Å². The van der Waals surface area contributed by atoms with Crippen LogP contribution in [0, 0.1) is 13.8 Å². The van der Waals surface area contributed by atoms with E-state index in [4.69, 9.17) is 0 Å². The Bertz CT molecular complexity index is 795. The summed E-state index contributed by atoms with van der Waals surface area (Å²) in [6.45, 7) is 7.42. The van der Waals surface area contributed by atoms with E-state index in [9.17, 15) is 4.79 Å². The molecule has 0 saturated carbocycles. The summed E-state index contributed by atoms with van der Waals surface area (Å²) in [5.41, 5.74) is 3.32. The van der Waals surface area contributed by atoms with E-state index in [-0.39, 0.29) is 5.91 Å². The highest BCUT2D eigenvalue weighted by molar-refractivity contribution is 7.11. The van der Waals surface area contributed by atoms with Gasteiger partial charge in [0, 0.05) is 37.2 Å². The number of hydrogen-bond acceptors (Lipinski definition) is 5. The SMILES string of the molecule is CN=C(NCc1ccc(N2CCNC(=O)C2)cc1)NCc1nc(C)c(C)s1. The quantitative estimate of drug-likeness (QED) is 0.537. The van der Waals surface area contributed by atoms with Gasteiger partial charge in [0.25, 0.3) is 0 Å². The first-order chi connectivity index (χ1) is 13.0. The van der Waals surface area contributed by atoms with Crippen LogP contribution in [-0.4, -0.2) is 43.5 Å². The van der Waals surface area contributed by atoms with Crippen molar-refractivity contribution in [1.82, 2.24) is 20.9 Å². The second kappa shape index (κ2) is 8.85. The van der Waals surface area contributed by atoms with Crippen LogP contribution in [0.15, 0.2) is 29.3 Å². The van der Waals surface area contributed by atoms with Gasteiger partial charge in [-0.05, 0) is 31.5 Å². The molecule has 1 aromatic heterocycles. The van der Waals surface area contributed by atoms with E-state index in [2.05, 4.69) is 62.0 Å². The topological polar surface area (TPSA) is 81.7 Å². The Kier molecular flexibility index (Phi) is 6.28. The van der Waals surface area contributed by atoms with Crippen molar-refractivity contribution in [3.05, 3.63) is 45.4 Å². The molecule has 1 fully saturated rings. The number of thiazole rings is 1. The molecule has 0 spiro atoms. The lowest BCUT2D eigenvalue weighted by molar-refractivity contribution is -0.120. The number of rotatable bonds is 5. The van der Waals surface area contributed by atoms with Crippen molar-refractivity contribution in [3.63, 3.8) is 0 Å². The highest BCUT2D eigenvalue weighted by Gasteiger charge is 2.16. The van der Waals surface area contributed by atoms with Gasteiger partial charge in [-0.2, -0.15) is 0 Å². The van der Waals surface area contributed by atoms with E-state index in [0.29, 0.717) is 26.2 Å². The van der Waals surface area contributed by atoms with Gasteiger partial charge in [0.05, 0.1) is 18.8 Å². The van der Waals surface area contributed by atoms with Gasteiger partial charge in [-0.25, -0.2) is 4.98 Å². The fourth-order valence-electron chi connectivity index (χ4n) is 2.86. The van der Waals surface area contributed by atoms with Crippen molar-refractivity contribution in [2.24, 2.45) is 4.99 Å². The van der Waals surface area contributed by atoms with Crippen LogP contribution < -0.4 is 20.9 Å². The minimum Gasteiger partial charge on any atom is -0.360 e. The second-order valence-electron chi connectivity index (χ2n) is 6.47. The number of aromatic nitrogens is 1. The Balaban J connectivity index is 1.50. The van der Waals surface area contributed by atoms with Gasteiger partial charge in [-0.3, -0.25) is 9.79 Å². The molecule has 7 nitrogen and oxygen atoms in total. The molecule has 1 aliphatic rings. The van der Waals surface area contributed by atoms with Gasteiger partial charge < -0.3 is 20.9 Å². The van der Waals surface area contributed by atoms with E-state index >= 15 is 0 Å². The van der Waals surface area contributed by atoms with Crippen molar-refractivity contribution < 1.29 is 4.79 Å². The Labute approximate surface area is 163 Å². The fourth-order valence-corrected chi connectivity index (χ4v) is 3.74. The summed E-state index contributed by atoms with van der Waals surface area (Å²) in [4.78, 5) is 23.7. The van der Waals surface area contributed by atoms with Gasteiger partial charge in [0.2, 0.25) is 5.91 Å². The molecule has 8 heteroatoms. The van der Waals surface area contributed by atoms with E-state index in [0.717, 1.165) is 34.5 Å². The molecule has 0 unspecified atom stereocenters. The van der Waals surface area contributed by atoms with Crippen molar-refractivity contribution in [3.8, 4) is 0 Å². The van der Waals surface area contributed by atoms with Crippen LogP contribution in [0.25, 0.3) is 0 Å². The Morgan fingerprint density at radius 1 is 1.26 bits per heavy atom. The van der Waals surface area contributed by atoms with Crippen LogP contribution in [-0.2, 0) is 17.9 Å². The molecule has 3 N–H and O–H groups in total. The number of amides is 1. The number of carbonyl (C=O) groups excluding carboxylic acids is 1. The summed E-state index contributed by atoms with van der Waals surface area (Å²) in [6.07, 6.45) is 0. The number of aryl methyl sites for hydroxylation is 2. The lowest BCUT2D eigenvalue weighted by Crippen LogP contribution is -2.47. The number of aliphatic imine (C=N–C) groups is 1. The molecule has 3 rings (SSSR count). The lowest BCUT2D eigenvalue weighted by atomic mass is 10.2. The molecule has 1 aliphatic heterocycles. The van der Waals surface area contributed by atoms with E-state index in [1.807, 2.05) is 6.92 Å². The molecule has 0 aliphatic carbocycles. The van der Waals surface area contributed by atoms with Gasteiger partial charge in [-0.1, -0.05) is 12.1 Å². The summed E-state index contributed by atoms with van der Waals surface area (Å²) >= 11 is 1.71. The third-order valence-corrected chi connectivity index (χ3v) is 5.58. The Morgan fingerprint density at radius 2 is 2.00 bits per heavy atom. The summed E-state index contributed by atoms with van der Waals surface area (Å²) in [7, 11) is 1.76. The first-order valence-electron chi connectivity index (χ1n) is 9.03. The molecule has 144 valence electrons. The first-order valence-corrected chi connectivity index (χ1v) is 9.85. The van der Waals surface area contributed by atoms with Crippen molar-refractivity contribution in [2.45, 2.75) is 26.9 Å². The molecule has 0 radical (unpaired) electrons. The van der Waals surface area contributed by atoms with Crippen molar-refractivity contribution in [2.75, 3.05) is 31.6 Å². The molecular weight excluding hydrogens is 360 g/mol. The maximum atomic E-state index is 11.5. The number of carbonyl (C=O) groups is 1. The maximum Gasteiger partial charge on any atom is 0.239 e. The molecule has 0 bridgehead atoms. The number of piperazine rings is 1. The minimum absolute atomic E-state index is 0.0764. The highest BCUT2D eigenvalue weighted by Crippen LogP contribution is 2.17. The summed E-state index contributed by atoms with van der Waals surface area (Å²) < 4.78 is 0. The average molecular weight is 387 g/mol. The zero-order chi connectivity index (χ0) is 19.2. The first kappa shape index (κ1) is 19.2. The van der Waals surface area contributed by atoms with Crippen LogP contribution in [0.1, 0.15) is 21.1 Å². The van der Waals surface area contributed by atoms with Gasteiger partial charge >= 0.3 is 0 Å². The Morgan fingerprint density at radius 3 is 2.63 bits per heavy atom. The van der Waals surface area contributed by atoms with Crippen molar-refractivity contribution in [1.29, 1.82) is 0 Å². The zero-order valence-electron chi connectivity index (χ0n) is 16.0. The van der Waals surface area contributed by atoms with E-state index in [1.54, 1.807) is 18.4 Å². The summed E-state index contributed by atoms with van der Waals surface area (Å²) in [5, 5.41) is 10.5. The van der Waals surface area contributed by atoms with Crippen LogP contribution in [0.3, 0.4) is 0 Å². The van der Waals surface area contributed by atoms with Crippen LogP contribution in [0.4, 0.5) is 5.69 Å². The molecule has 2 heterocycles. The minimum atomic E-state index is 0.0764. The summed E-state index contributed by atoms with van der Waals surface area (Å²) in [6, 6.07) is 8.28. The number of guanidine groups is 1. The largest absolute Gasteiger partial charge is 0.360 e. The lowest BCUT2D eigenvalue weighted by Gasteiger charge is -2.28. The van der Waals surface area contributed by atoms with Crippen LogP contribution in [0.2, 0.25) is 0 Å². The molecule has 1 amide bonds. The fraction of sp³-hybridized carbons (Fsp3) is 0.421. The zero-order valence-corrected chi connectivity index (χ0v) is 16.8. The number of hydrogen-bond donors (Lipinski definition) is 3. The standard InChI is InChI=1S/C19H26N6OS/c1-13-14(2)27-18(24-13)11-23-19(20-3)22-10-15-4-6-16(7-5-15)25-9-8-21-17(26)12-25/h4-7H,8-12H2,1-3H3,(H,21,26)(H2,20,22,23). The van der Waals surface area contributed by atoms with Gasteiger partial charge in [0.1, 0.15) is 5.01 Å². The van der Waals surface area contributed by atoms with E-state index < -0.39 is 0 Å². The van der Waals surface area contributed by atoms with E-state index in [1.165, 1.54) is 4.88 Å². The average Bonchev–Trinajstić information content (AvgIpc) is 3.00. The van der Waals surface area contributed by atoms with Gasteiger partial charge in [-0.15, -0.1) is 11.3 Å². The third-order valence-electron chi connectivity index (χ3n) is 4.50. The molecule has 1 saturated heterocycles. The molecular formula is C19H26N6OS. The van der Waals surface area contributed by atoms with Crippen molar-refractivity contribution >= 4 is 28.9 Å². The highest BCUT2D eigenvalue weighted by atomic mass is 32.1. The number of nitrogens with zero attached hydrogens (tertiary/aromatic N) is 3. The normalized spacial score (nSPS) is 14.9. The predicted octanol–water partition coefficient (Wildman–Crippen LogP) is 1.56. The predicted molar refractivity (Wildman–Crippen MR) is 110 cm³/mol. The number of benzene rings is 1. The Hall–Kier alpha value is -2.61. The summed E-state index contributed by atoms with van der Waals surface area (Å²) in [5.74, 6) is 0.824. The van der Waals surface area contributed by atoms with Crippen LogP contribution >= 0.6 is 11.3 Å². The molecule has 27 heavy (non-hydrogen) atoms. The maximum absolute atomic E-state index is 11.5. The second-order valence-corrected chi connectivity index (χ2v) is 7.75.